The van der Waals surface area contributed by atoms with E-state index in [0.717, 1.165) is 17.7 Å². The van der Waals surface area contributed by atoms with Crippen molar-refractivity contribution < 1.29 is 19.1 Å². The van der Waals surface area contributed by atoms with Gasteiger partial charge in [0.05, 0.1) is 31.4 Å². The smallest absolute Gasteiger partial charge is 0.240 e. The second-order valence-electron chi connectivity index (χ2n) is 7.77. The highest BCUT2D eigenvalue weighted by atomic mass is 16.5. The summed E-state index contributed by atoms with van der Waals surface area (Å²) in [7, 11) is 0. The number of carbonyl (C=O) groups excluding carboxylic acids is 2. The van der Waals surface area contributed by atoms with Crippen molar-refractivity contribution in [3.05, 3.63) is 54.1 Å². The highest BCUT2D eigenvalue weighted by Gasteiger charge is 2.27. The van der Waals surface area contributed by atoms with Crippen molar-refractivity contribution in [3.63, 3.8) is 0 Å². The lowest BCUT2D eigenvalue weighted by atomic mass is 9.96. The number of ether oxygens (including phenoxy) is 2. The first kappa shape index (κ1) is 21.7. The Balaban J connectivity index is 1.81. The number of hydrogen-bond donors (Lipinski definition) is 1. The molecular formula is C24H30N2O4. The third kappa shape index (κ3) is 5.32. The first-order valence-corrected chi connectivity index (χ1v) is 10.5. The average Bonchev–Trinajstić information content (AvgIpc) is 2.87. The predicted octanol–water partition coefficient (Wildman–Crippen LogP) is 4.10. The van der Waals surface area contributed by atoms with Gasteiger partial charge in [-0.1, -0.05) is 44.2 Å². The lowest BCUT2D eigenvalue weighted by Crippen LogP contribution is -2.42. The summed E-state index contributed by atoms with van der Waals surface area (Å²) < 4.78 is 11.4. The highest BCUT2D eigenvalue weighted by molar-refractivity contribution is 6.00. The monoisotopic (exact) mass is 410 g/mol. The molecule has 2 amide bonds. The van der Waals surface area contributed by atoms with Crippen molar-refractivity contribution in [1.82, 2.24) is 5.32 Å². The Morgan fingerprint density at radius 2 is 1.90 bits per heavy atom. The Hall–Kier alpha value is -3.02. The van der Waals surface area contributed by atoms with Gasteiger partial charge in [-0.3, -0.25) is 14.5 Å². The van der Waals surface area contributed by atoms with Crippen LogP contribution in [0.5, 0.6) is 11.5 Å². The molecule has 6 heteroatoms. The Bertz CT molecular complexity index is 881. The van der Waals surface area contributed by atoms with Crippen molar-refractivity contribution in [3.8, 4) is 11.5 Å². The first-order chi connectivity index (χ1) is 14.5. The molecule has 0 saturated carbocycles. The van der Waals surface area contributed by atoms with Gasteiger partial charge in [0, 0.05) is 5.56 Å². The molecule has 0 spiro atoms. The molecule has 6 nitrogen and oxygen atoms in total. The molecule has 160 valence electrons. The fourth-order valence-electron chi connectivity index (χ4n) is 3.67. The minimum Gasteiger partial charge on any atom is -0.494 e. The van der Waals surface area contributed by atoms with Gasteiger partial charge in [0.2, 0.25) is 11.8 Å². The van der Waals surface area contributed by atoms with Crippen molar-refractivity contribution in [2.24, 2.45) is 5.92 Å². The van der Waals surface area contributed by atoms with Gasteiger partial charge in [0.25, 0.3) is 0 Å². The van der Waals surface area contributed by atoms with Crippen LogP contribution < -0.4 is 19.7 Å². The van der Waals surface area contributed by atoms with Crippen LogP contribution in [-0.2, 0) is 9.59 Å². The Labute approximate surface area is 178 Å². The second kappa shape index (κ2) is 10.1. The summed E-state index contributed by atoms with van der Waals surface area (Å²) >= 11 is 0. The van der Waals surface area contributed by atoms with Crippen LogP contribution in [0.2, 0.25) is 0 Å². The largest absolute Gasteiger partial charge is 0.494 e. The van der Waals surface area contributed by atoms with E-state index in [4.69, 9.17) is 9.47 Å². The van der Waals surface area contributed by atoms with Crippen molar-refractivity contribution >= 4 is 17.5 Å². The number of carbonyl (C=O) groups is 2. The summed E-state index contributed by atoms with van der Waals surface area (Å²) in [5, 5.41) is 3.13. The molecule has 1 heterocycles. The molecule has 0 bridgehead atoms. The van der Waals surface area contributed by atoms with Crippen LogP contribution in [0.1, 0.15) is 45.2 Å². The van der Waals surface area contributed by atoms with Crippen LogP contribution in [-0.4, -0.2) is 31.6 Å². The Morgan fingerprint density at radius 3 is 2.67 bits per heavy atom. The SMILES string of the molecule is CCOc1ccccc1[C@H](CC(C)C)NC(=O)CN1C(=O)CCOc2ccccc21. The molecule has 2 aromatic carbocycles. The zero-order valence-corrected chi connectivity index (χ0v) is 17.9. The molecular weight excluding hydrogens is 380 g/mol. The van der Waals surface area contributed by atoms with Crippen LogP contribution in [0.25, 0.3) is 0 Å². The number of fused-ring (bicyclic) bond motifs is 1. The zero-order chi connectivity index (χ0) is 21.5. The third-order valence-electron chi connectivity index (χ3n) is 4.97. The molecule has 0 unspecified atom stereocenters. The van der Waals surface area contributed by atoms with Crippen molar-refractivity contribution in [2.75, 3.05) is 24.7 Å². The van der Waals surface area contributed by atoms with E-state index in [9.17, 15) is 9.59 Å². The number of nitrogens with zero attached hydrogens (tertiary/aromatic N) is 1. The van der Waals surface area contributed by atoms with Gasteiger partial charge < -0.3 is 14.8 Å². The summed E-state index contributed by atoms with van der Waals surface area (Å²) in [6.07, 6.45) is 1.01. The van der Waals surface area contributed by atoms with Gasteiger partial charge in [-0.15, -0.1) is 0 Å². The quantitative estimate of drug-likeness (QED) is 0.711. The molecule has 1 N–H and O–H groups in total. The summed E-state index contributed by atoms with van der Waals surface area (Å²) in [6, 6.07) is 14.9. The fourth-order valence-corrected chi connectivity index (χ4v) is 3.67. The molecule has 0 fully saturated rings. The van der Waals surface area contributed by atoms with Crippen molar-refractivity contribution in [2.45, 2.75) is 39.7 Å². The highest BCUT2D eigenvalue weighted by Crippen LogP contribution is 2.32. The molecule has 1 atom stereocenters. The minimum atomic E-state index is -0.211. The fraction of sp³-hybridized carbons (Fsp3) is 0.417. The number of nitrogens with one attached hydrogen (secondary N) is 1. The van der Waals surface area contributed by atoms with Gasteiger partial charge in [0.1, 0.15) is 18.0 Å². The minimum absolute atomic E-state index is 0.0510. The van der Waals surface area contributed by atoms with E-state index in [1.54, 1.807) is 0 Å². The van der Waals surface area contributed by atoms with Gasteiger partial charge in [-0.2, -0.15) is 0 Å². The molecule has 1 aliphatic rings. The third-order valence-corrected chi connectivity index (χ3v) is 4.97. The Morgan fingerprint density at radius 1 is 1.17 bits per heavy atom. The maximum Gasteiger partial charge on any atom is 0.240 e. The van der Waals surface area contributed by atoms with Crippen LogP contribution in [0, 0.1) is 5.92 Å². The van der Waals surface area contributed by atoms with E-state index in [0.29, 0.717) is 30.6 Å². The lowest BCUT2D eigenvalue weighted by molar-refractivity contribution is -0.124. The number of anilines is 1. The molecule has 0 aliphatic carbocycles. The van der Waals surface area contributed by atoms with Gasteiger partial charge in [-0.25, -0.2) is 0 Å². The summed E-state index contributed by atoms with van der Waals surface area (Å²) in [6.45, 7) is 6.99. The van der Waals surface area contributed by atoms with Gasteiger partial charge in [-0.05, 0) is 37.5 Å². The number of rotatable bonds is 8. The number of benzene rings is 2. The first-order valence-electron chi connectivity index (χ1n) is 10.5. The maximum absolute atomic E-state index is 13.0. The van der Waals surface area contributed by atoms with Crippen LogP contribution in [0.3, 0.4) is 0 Å². The van der Waals surface area contributed by atoms with Gasteiger partial charge >= 0.3 is 0 Å². The molecule has 2 aromatic rings. The summed E-state index contributed by atoms with van der Waals surface area (Å²) in [4.78, 5) is 27.2. The van der Waals surface area contributed by atoms with E-state index in [1.807, 2.05) is 55.5 Å². The zero-order valence-electron chi connectivity index (χ0n) is 17.9. The predicted molar refractivity (Wildman–Crippen MR) is 117 cm³/mol. The van der Waals surface area contributed by atoms with E-state index < -0.39 is 0 Å². The normalized spacial score (nSPS) is 14.5. The maximum atomic E-state index is 13.0. The number of amides is 2. The second-order valence-corrected chi connectivity index (χ2v) is 7.77. The van der Waals surface area contributed by atoms with Crippen LogP contribution >= 0.6 is 0 Å². The average molecular weight is 411 g/mol. The molecule has 0 radical (unpaired) electrons. The number of para-hydroxylation sites is 3. The van der Waals surface area contributed by atoms with E-state index in [1.165, 1.54) is 4.90 Å². The molecule has 3 rings (SSSR count). The molecule has 30 heavy (non-hydrogen) atoms. The van der Waals surface area contributed by atoms with Crippen LogP contribution in [0.15, 0.2) is 48.5 Å². The lowest BCUT2D eigenvalue weighted by Gasteiger charge is -2.26. The topological polar surface area (TPSA) is 67.9 Å². The molecule has 1 aliphatic heterocycles. The van der Waals surface area contributed by atoms with E-state index in [2.05, 4.69) is 19.2 Å². The summed E-state index contributed by atoms with van der Waals surface area (Å²) in [5.41, 5.74) is 1.58. The van der Waals surface area contributed by atoms with E-state index >= 15 is 0 Å². The van der Waals surface area contributed by atoms with Crippen molar-refractivity contribution in [1.29, 1.82) is 0 Å². The summed E-state index contributed by atoms with van der Waals surface area (Å²) in [5.74, 6) is 1.44. The number of hydrogen-bond acceptors (Lipinski definition) is 4. The molecule has 0 aromatic heterocycles. The Kier molecular flexibility index (Phi) is 7.33. The van der Waals surface area contributed by atoms with E-state index in [-0.39, 0.29) is 30.8 Å². The molecule has 0 saturated heterocycles. The standard InChI is InChI=1S/C24H30N2O4/c1-4-29-21-11-7-5-9-18(21)19(15-17(2)3)25-23(27)16-26-20-10-6-8-12-22(20)30-14-13-24(26)28/h5-12,17,19H,4,13-16H2,1-3H3,(H,25,27)/t19-/m0/s1. The van der Waals surface area contributed by atoms with Gasteiger partial charge in [0.15, 0.2) is 0 Å². The van der Waals surface area contributed by atoms with Crippen LogP contribution in [0.4, 0.5) is 5.69 Å².